The number of ether oxygens (including phenoxy) is 2. The molecule has 27 heavy (non-hydrogen) atoms. The van der Waals surface area contributed by atoms with Crippen LogP contribution in [0.2, 0.25) is 0 Å². The first-order valence-corrected chi connectivity index (χ1v) is 8.95. The second-order valence-electron chi connectivity index (χ2n) is 6.53. The van der Waals surface area contributed by atoms with Crippen LogP contribution < -0.4 is 0 Å². The number of aromatic nitrogens is 2. The molecular weight excluding hydrogens is 344 g/mol. The quantitative estimate of drug-likeness (QED) is 0.374. The summed E-state index contributed by atoms with van der Waals surface area (Å²) in [7, 11) is 1.67. The van der Waals surface area contributed by atoms with E-state index in [1.54, 1.807) is 13.3 Å². The lowest BCUT2D eigenvalue weighted by atomic mass is 10.1. The Balaban J connectivity index is 1.67. The number of hydrogen-bond donors (Lipinski definition) is 1. The van der Waals surface area contributed by atoms with E-state index in [0.717, 1.165) is 35.3 Å². The predicted octanol–water partition coefficient (Wildman–Crippen LogP) is 3.66. The number of hydrogen-bond acceptors (Lipinski definition) is 4. The van der Waals surface area contributed by atoms with Gasteiger partial charge in [-0.3, -0.25) is 4.79 Å². The van der Waals surface area contributed by atoms with Crippen molar-refractivity contribution in [3.8, 4) is 0 Å². The van der Waals surface area contributed by atoms with Crippen LogP contribution in [0, 0.1) is 13.8 Å². The molecule has 6 nitrogen and oxygen atoms in total. The van der Waals surface area contributed by atoms with Crippen molar-refractivity contribution in [3.63, 3.8) is 0 Å². The maximum atomic E-state index is 12.6. The summed E-state index contributed by atoms with van der Waals surface area (Å²) in [5, 5.41) is 0.784. The minimum absolute atomic E-state index is 0.200. The molecule has 3 rings (SSSR count). The number of methoxy groups -OCH3 is 1. The summed E-state index contributed by atoms with van der Waals surface area (Å²) in [5.74, 6) is -0.705. The Morgan fingerprint density at radius 3 is 2.70 bits per heavy atom. The van der Waals surface area contributed by atoms with Gasteiger partial charge >= 0.3 is 5.97 Å². The van der Waals surface area contributed by atoms with Crippen LogP contribution in [0.5, 0.6) is 0 Å². The number of H-pyrrole nitrogens is 1. The van der Waals surface area contributed by atoms with E-state index < -0.39 is 5.97 Å². The van der Waals surface area contributed by atoms with Crippen LogP contribution >= 0.6 is 0 Å². The number of esters is 1. The topological polar surface area (TPSA) is 73.3 Å². The number of fused-ring (bicyclic) bond motifs is 1. The van der Waals surface area contributed by atoms with Crippen molar-refractivity contribution in [1.82, 2.24) is 9.55 Å². The summed E-state index contributed by atoms with van der Waals surface area (Å²) in [6.45, 7) is 5.06. The number of benzene rings is 1. The first-order valence-electron chi connectivity index (χ1n) is 8.95. The van der Waals surface area contributed by atoms with Crippen LogP contribution in [-0.4, -0.2) is 41.6 Å². The molecule has 1 N–H and O–H groups in total. The number of rotatable bonds is 8. The Morgan fingerprint density at radius 2 is 1.93 bits per heavy atom. The van der Waals surface area contributed by atoms with Gasteiger partial charge in [0.15, 0.2) is 6.61 Å². The normalized spacial score (nSPS) is 11.1. The fourth-order valence-corrected chi connectivity index (χ4v) is 3.32. The molecular formula is C21H24N2O4. The minimum atomic E-state index is -0.505. The van der Waals surface area contributed by atoms with Crippen LogP contribution in [0.3, 0.4) is 0 Å². The van der Waals surface area contributed by atoms with E-state index >= 15 is 0 Å². The largest absolute Gasteiger partial charge is 0.454 e. The molecule has 0 bridgehead atoms. The fraction of sp³-hybridized carbons (Fsp3) is 0.333. The van der Waals surface area contributed by atoms with Crippen molar-refractivity contribution in [2.45, 2.75) is 26.8 Å². The van der Waals surface area contributed by atoms with Gasteiger partial charge < -0.3 is 19.0 Å². The zero-order valence-electron chi connectivity index (χ0n) is 15.9. The third-order valence-electron chi connectivity index (χ3n) is 4.75. The molecule has 6 heteroatoms. The minimum Gasteiger partial charge on any atom is -0.454 e. The predicted molar refractivity (Wildman–Crippen MR) is 103 cm³/mol. The Kier molecular flexibility index (Phi) is 5.76. The summed E-state index contributed by atoms with van der Waals surface area (Å²) in [6.07, 6.45) is 2.48. The van der Waals surface area contributed by atoms with E-state index in [2.05, 4.69) is 9.55 Å². The summed E-state index contributed by atoms with van der Waals surface area (Å²) in [5.41, 5.74) is 3.78. The zero-order valence-corrected chi connectivity index (χ0v) is 15.9. The molecule has 0 saturated heterocycles. The lowest BCUT2D eigenvalue weighted by Gasteiger charge is -2.09. The molecule has 0 aliphatic carbocycles. The number of carbonyl (C=O) groups is 2. The molecule has 0 aliphatic heterocycles. The molecule has 3 aromatic rings. The van der Waals surface area contributed by atoms with Gasteiger partial charge in [0.1, 0.15) is 0 Å². The van der Waals surface area contributed by atoms with E-state index in [0.29, 0.717) is 17.7 Å². The molecule has 0 unspecified atom stereocenters. The Morgan fingerprint density at radius 1 is 1.15 bits per heavy atom. The summed E-state index contributed by atoms with van der Waals surface area (Å²) < 4.78 is 12.5. The molecule has 1 aromatic carbocycles. The standard InChI is InChI=1S/C21H24N2O4/c1-14-11-17(15(2)23(14)9-6-10-26-3)20(24)13-27-21(25)18-12-22-19-8-5-4-7-16(18)19/h4-5,7-8,11-12,22H,6,9-10,13H2,1-3H3. The van der Waals surface area contributed by atoms with Gasteiger partial charge in [-0.2, -0.15) is 0 Å². The second kappa shape index (κ2) is 8.22. The molecule has 0 spiro atoms. The fourth-order valence-electron chi connectivity index (χ4n) is 3.32. The third kappa shape index (κ3) is 3.95. The highest BCUT2D eigenvalue weighted by molar-refractivity contribution is 6.05. The molecule has 0 fully saturated rings. The van der Waals surface area contributed by atoms with Crippen molar-refractivity contribution >= 4 is 22.7 Å². The average molecular weight is 368 g/mol. The number of para-hydroxylation sites is 1. The van der Waals surface area contributed by atoms with Crippen LogP contribution in [0.4, 0.5) is 0 Å². The number of nitrogens with zero attached hydrogens (tertiary/aromatic N) is 1. The monoisotopic (exact) mass is 368 g/mol. The lowest BCUT2D eigenvalue weighted by Crippen LogP contribution is -2.15. The van der Waals surface area contributed by atoms with Crippen LogP contribution in [-0.2, 0) is 16.0 Å². The SMILES string of the molecule is COCCCn1c(C)cc(C(=O)COC(=O)c2c[nH]c3ccccc23)c1C. The van der Waals surface area contributed by atoms with Crippen LogP contribution in [0.15, 0.2) is 36.5 Å². The van der Waals surface area contributed by atoms with E-state index in [9.17, 15) is 9.59 Å². The highest BCUT2D eigenvalue weighted by atomic mass is 16.5. The van der Waals surface area contributed by atoms with Crippen molar-refractivity contribution in [2.24, 2.45) is 0 Å². The average Bonchev–Trinajstić information content (AvgIpc) is 3.22. The molecule has 0 atom stereocenters. The second-order valence-corrected chi connectivity index (χ2v) is 6.53. The number of nitrogens with one attached hydrogen (secondary N) is 1. The van der Waals surface area contributed by atoms with Crippen molar-refractivity contribution in [2.75, 3.05) is 20.3 Å². The summed E-state index contributed by atoms with van der Waals surface area (Å²) >= 11 is 0. The first-order chi connectivity index (χ1) is 13.0. The third-order valence-corrected chi connectivity index (χ3v) is 4.75. The molecule has 0 saturated carbocycles. The van der Waals surface area contributed by atoms with E-state index in [4.69, 9.17) is 9.47 Å². The smallest absolute Gasteiger partial charge is 0.340 e. The number of ketones is 1. The first kappa shape index (κ1) is 18.9. The van der Waals surface area contributed by atoms with Gasteiger partial charge in [-0.15, -0.1) is 0 Å². The van der Waals surface area contributed by atoms with Gasteiger partial charge in [-0.05, 0) is 32.4 Å². The van der Waals surface area contributed by atoms with Gasteiger partial charge in [0.2, 0.25) is 5.78 Å². The van der Waals surface area contributed by atoms with Gasteiger partial charge in [-0.1, -0.05) is 18.2 Å². The van der Waals surface area contributed by atoms with E-state index in [-0.39, 0.29) is 12.4 Å². The van der Waals surface area contributed by atoms with Gasteiger partial charge in [0, 0.05) is 54.3 Å². The van der Waals surface area contributed by atoms with Crippen molar-refractivity contribution < 1.29 is 19.1 Å². The highest BCUT2D eigenvalue weighted by Crippen LogP contribution is 2.20. The Bertz CT molecular complexity index is 968. The molecule has 2 heterocycles. The van der Waals surface area contributed by atoms with E-state index in [1.165, 1.54) is 0 Å². The van der Waals surface area contributed by atoms with Crippen molar-refractivity contribution in [1.29, 1.82) is 0 Å². The number of Topliss-reactive ketones (excluding diaryl/α,β-unsaturated/α-hetero) is 1. The zero-order chi connectivity index (χ0) is 19.4. The van der Waals surface area contributed by atoms with Crippen molar-refractivity contribution in [3.05, 3.63) is 59.0 Å². The van der Waals surface area contributed by atoms with Crippen LogP contribution in [0.25, 0.3) is 10.9 Å². The van der Waals surface area contributed by atoms with Crippen LogP contribution in [0.1, 0.15) is 38.5 Å². The summed E-state index contributed by atoms with van der Waals surface area (Å²) in [4.78, 5) is 28.0. The number of aryl methyl sites for hydroxylation is 1. The molecule has 2 aromatic heterocycles. The molecule has 0 radical (unpaired) electrons. The maximum Gasteiger partial charge on any atom is 0.340 e. The summed E-state index contributed by atoms with van der Waals surface area (Å²) in [6, 6.07) is 9.33. The van der Waals surface area contributed by atoms with Gasteiger partial charge in [-0.25, -0.2) is 4.79 Å². The maximum absolute atomic E-state index is 12.6. The Hall–Kier alpha value is -2.86. The number of carbonyl (C=O) groups excluding carboxylic acids is 2. The Labute approximate surface area is 158 Å². The van der Waals surface area contributed by atoms with E-state index in [1.807, 2.05) is 44.2 Å². The highest BCUT2D eigenvalue weighted by Gasteiger charge is 2.19. The number of aromatic amines is 1. The molecule has 0 amide bonds. The van der Waals surface area contributed by atoms with Gasteiger partial charge in [0.05, 0.1) is 5.56 Å². The van der Waals surface area contributed by atoms with Gasteiger partial charge in [0.25, 0.3) is 0 Å². The lowest BCUT2D eigenvalue weighted by molar-refractivity contribution is 0.0476. The molecule has 0 aliphatic rings. The molecule has 142 valence electrons.